The number of hydrogen-bond acceptors (Lipinski definition) is 3. The van der Waals surface area contributed by atoms with Gasteiger partial charge in [-0.3, -0.25) is 0 Å². The maximum atomic E-state index is 13.2. The van der Waals surface area contributed by atoms with Crippen molar-refractivity contribution in [1.29, 1.82) is 0 Å². The summed E-state index contributed by atoms with van der Waals surface area (Å²) in [7, 11) is 3.65. The molecule has 0 spiro atoms. The van der Waals surface area contributed by atoms with Crippen molar-refractivity contribution in [3.05, 3.63) is 126 Å². The van der Waals surface area contributed by atoms with Crippen LogP contribution >= 0.6 is 8.95 Å². The first kappa shape index (κ1) is 21.0. The van der Waals surface area contributed by atoms with Gasteiger partial charge in [-0.1, -0.05) is 0 Å². The zero-order valence-corrected chi connectivity index (χ0v) is 21.4. The van der Waals surface area contributed by atoms with Crippen molar-refractivity contribution in [1.82, 2.24) is 9.55 Å². The van der Waals surface area contributed by atoms with Crippen molar-refractivity contribution in [3.63, 3.8) is 0 Å². The average Bonchev–Trinajstić information content (AvgIpc) is 2.87. The molecule has 0 aliphatic heterocycles. The summed E-state index contributed by atoms with van der Waals surface area (Å²) >= 11 is -3.65. The molecule has 0 radical (unpaired) electrons. The molecule has 0 aliphatic carbocycles. The number of para-hydroxylation sites is 1. The Kier molecular flexibility index (Phi) is 5.89. The Hall–Kier alpha value is -2.83. The summed E-state index contributed by atoms with van der Waals surface area (Å²) in [6.07, 6.45) is 0. The van der Waals surface area contributed by atoms with Gasteiger partial charge in [-0.05, 0) is 0 Å². The van der Waals surface area contributed by atoms with Crippen molar-refractivity contribution in [2.75, 3.05) is 0 Å². The van der Waals surface area contributed by atoms with Gasteiger partial charge in [0.05, 0.1) is 0 Å². The van der Waals surface area contributed by atoms with Crippen LogP contribution in [0.5, 0.6) is 0 Å². The van der Waals surface area contributed by atoms with Crippen LogP contribution in [-0.4, -0.2) is 26.5 Å². The molecule has 0 amide bonds. The van der Waals surface area contributed by atoms with Crippen LogP contribution in [0.15, 0.2) is 125 Å². The second-order valence-electron chi connectivity index (χ2n) is 7.66. The number of fused-ring (bicyclic) bond motifs is 1. The van der Waals surface area contributed by atoms with Crippen molar-refractivity contribution >= 4 is 47.6 Å². The van der Waals surface area contributed by atoms with E-state index in [1.165, 1.54) is 10.7 Å². The van der Waals surface area contributed by atoms with Crippen LogP contribution < -0.4 is 16.3 Å². The van der Waals surface area contributed by atoms with Crippen LogP contribution in [0.4, 0.5) is 0 Å². The number of hydrogen-bond donors (Lipinski definition) is 0. The first-order valence-corrected chi connectivity index (χ1v) is 19.1. The van der Waals surface area contributed by atoms with Crippen LogP contribution in [0.3, 0.4) is 0 Å². The van der Waals surface area contributed by atoms with E-state index in [2.05, 4.69) is 91.0 Å². The molecule has 1 heterocycles. The second-order valence-corrected chi connectivity index (χ2v) is 22.9. The van der Waals surface area contributed by atoms with Gasteiger partial charge in [-0.15, -0.1) is 0 Å². The van der Waals surface area contributed by atoms with E-state index in [4.69, 9.17) is 4.98 Å². The molecule has 0 bridgehead atoms. The molecule has 0 saturated carbocycles. The van der Waals surface area contributed by atoms with E-state index < -0.39 is 17.0 Å². The van der Waals surface area contributed by atoms with Crippen LogP contribution in [0, 0.1) is 0 Å². The first-order valence-electron chi connectivity index (χ1n) is 10.5. The molecular formula is C27H22N2OSSn. The Morgan fingerprint density at radius 1 is 0.656 bits per heavy atom. The molecule has 4 aromatic carbocycles. The molecule has 0 N–H and O–H groups in total. The third-order valence-electron chi connectivity index (χ3n) is 5.73. The molecule has 0 unspecified atom stereocenters. The molecule has 32 heavy (non-hydrogen) atoms. The predicted molar refractivity (Wildman–Crippen MR) is 137 cm³/mol. The van der Waals surface area contributed by atoms with Crippen LogP contribution in [0.2, 0.25) is 0 Å². The number of benzene rings is 4. The zero-order chi connectivity index (χ0) is 22.0. The monoisotopic (exact) mass is 542 g/mol. The van der Waals surface area contributed by atoms with E-state index in [0.29, 0.717) is 5.39 Å². The van der Waals surface area contributed by atoms with Gasteiger partial charge in [0.2, 0.25) is 0 Å². The first-order chi connectivity index (χ1) is 15.7. The summed E-state index contributed by atoms with van der Waals surface area (Å²) in [6, 6.07) is 39.9. The fourth-order valence-corrected chi connectivity index (χ4v) is 23.3. The summed E-state index contributed by atoms with van der Waals surface area (Å²) < 4.78 is 5.73. The maximum absolute atomic E-state index is 13.2. The van der Waals surface area contributed by atoms with E-state index in [-0.39, 0.29) is 5.56 Å². The van der Waals surface area contributed by atoms with E-state index in [1.54, 1.807) is 4.57 Å². The topological polar surface area (TPSA) is 34.9 Å². The van der Waals surface area contributed by atoms with Crippen molar-refractivity contribution < 1.29 is 0 Å². The molecule has 5 aromatic rings. The molecule has 3 nitrogen and oxygen atoms in total. The third-order valence-corrected chi connectivity index (χ3v) is 25.3. The van der Waals surface area contributed by atoms with E-state index in [1.807, 2.05) is 40.3 Å². The summed E-state index contributed by atoms with van der Waals surface area (Å²) in [5, 5.41) is 1.42. The van der Waals surface area contributed by atoms with Crippen LogP contribution in [-0.2, 0) is 7.05 Å². The summed E-state index contributed by atoms with van der Waals surface area (Å²) in [5.74, 6) is 0. The van der Waals surface area contributed by atoms with Gasteiger partial charge in [-0.2, -0.15) is 0 Å². The van der Waals surface area contributed by atoms with Crippen molar-refractivity contribution in [2.45, 2.75) is 5.16 Å². The SMILES string of the molecule is Cn1c([S][Sn]([c]2ccccc2)([c]2ccccc2)[c]2ccccc2)nc2ccccc2c1=O. The van der Waals surface area contributed by atoms with Gasteiger partial charge in [0, 0.05) is 0 Å². The number of nitrogens with zero attached hydrogens (tertiary/aromatic N) is 2. The standard InChI is InChI=1S/C9H8N2OS.3C6H5.Sn/c1-11-8(12)6-4-2-3-5-7(6)10-9(11)13;3*1-2-4-6-5-3-1;/h2-5H,1H3,(H,10,13);3*1-5H;/q;;;;+1/p-1. The third kappa shape index (κ3) is 3.67. The molecule has 0 fully saturated rings. The minimum atomic E-state index is -3.65. The van der Waals surface area contributed by atoms with E-state index in [9.17, 15) is 4.79 Å². The van der Waals surface area contributed by atoms with E-state index in [0.717, 1.165) is 10.7 Å². The number of rotatable bonds is 5. The van der Waals surface area contributed by atoms with Gasteiger partial charge < -0.3 is 0 Å². The predicted octanol–water partition coefficient (Wildman–Crippen LogP) is 3.69. The molecule has 0 saturated heterocycles. The quantitative estimate of drug-likeness (QED) is 0.252. The Bertz CT molecular complexity index is 1320. The molecule has 1 aromatic heterocycles. The molecule has 5 heteroatoms. The van der Waals surface area contributed by atoms with E-state index >= 15 is 0 Å². The van der Waals surface area contributed by atoms with Crippen LogP contribution in [0.25, 0.3) is 10.9 Å². The molecule has 5 rings (SSSR count). The Balaban J connectivity index is 1.83. The molecule has 0 aliphatic rings. The Morgan fingerprint density at radius 2 is 1.09 bits per heavy atom. The minimum absolute atomic E-state index is 0.00697. The zero-order valence-electron chi connectivity index (χ0n) is 17.7. The van der Waals surface area contributed by atoms with Gasteiger partial charge >= 0.3 is 195 Å². The number of aromatic nitrogens is 2. The van der Waals surface area contributed by atoms with Gasteiger partial charge in [0.1, 0.15) is 0 Å². The fourth-order valence-electron chi connectivity index (χ4n) is 4.12. The van der Waals surface area contributed by atoms with Crippen LogP contribution in [0.1, 0.15) is 0 Å². The second kappa shape index (κ2) is 8.96. The van der Waals surface area contributed by atoms with Crippen molar-refractivity contribution in [2.24, 2.45) is 7.05 Å². The van der Waals surface area contributed by atoms with Gasteiger partial charge in [0.15, 0.2) is 0 Å². The molecule has 156 valence electrons. The van der Waals surface area contributed by atoms with Crippen molar-refractivity contribution in [3.8, 4) is 0 Å². The summed E-state index contributed by atoms with van der Waals surface area (Å²) in [6.45, 7) is 0. The Labute approximate surface area is 194 Å². The average molecular weight is 541 g/mol. The van der Waals surface area contributed by atoms with Gasteiger partial charge in [-0.25, -0.2) is 0 Å². The van der Waals surface area contributed by atoms with Gasteiger partial charge in [0.25, 0.3) is 0 Å². The summed E-state index contributed by atoms with van der Waals surface area (Å²) in [4.78, 5) is 18.2. The normalized spacial score (nSPS) is 11.5. The fraction of sp³-hybridized carbons (Fsp3) is 0.0370. The molecule has 0 atom stereocenters. The molecular weight excluding hydrogens is 519 g/mol. The summed E-state index contributed by atoms with van der Waals surface area (Å²) in [5.41, 5.74) is 0.736. The Morgan fingerprint density at radius 3 is 1.59 bits per heavy atom.